The predicted octanol–water partition coefficient (Wildman–Crippen LogP) is 3.01. The molecule has 0 radical (unpaired) electrons. The largest absolute Gasteiger partial charge is 0.493 e. The summed E-state index contributed by atoms with van der Waals surface area (Å²) in [6.07, 6.45) is 1.37. The molecule has 0 bridgehead atoms. The van der Waals surface area contributed by atoms with Crippen LogP contribution >= 0.6 is 0 Å². The summed E-state index contributed by atoms with van der Waals surface area (Å²) in [6, 6.07) is 9.03. The van der Waals surface area contributed by atoms with Crippen LogP contribution in [0.1, 0.15) is 19.4 Å². The molecule has 0 atom stereocenters. The second-order valence-electron chi connectivity index (χ2n) is 7.70. The summed E-state index contributed by atoms with van der Waals surface area (Å²) < 4.78 is 23.2. The van der Waals surface area contributed by atoms with Crippen LogP contribution in [0.2, 0.25) is 0 Å². The molecule has 2 N–H and O–H groups in total. The third kappa shape index (κ3) is 4.86. The van der Waals surface area contributed by atoms with Gasteiger partial charge in [0.2, 0.25) is 5.91 Å². The molecule has 0 aliphatic carbocycles. The third-order valence-electron chi connectivity index (χ3n) is 5.49. The SMILES string of the molecule is CCOc1ccc(CNC(=O)Cn2cnc3c([nH]c4cc(OC)c(OC)cc43)c2=O)cc1OCC. The summed E-state index contributed by atoms with van der Waals surface area (Å²) in [5, 5.41) is 3.56. The number of H-pyrrole nitrogens is 1. The molecule has 0 fully saturated rings. The minimum absolute atomic E-state index is 0.168. The van der Waals surface area contributed by atoms with E-state index in [1.807, 2.05) is 32.0 Å². The number of carbonyl (C=O) groups is 1. The summed E-state index contributed by atoms with van der Waals surface area (Å²) in [5.41, 5.74) is 1.99. The first kappa shape index (κ1) is 23.9. The van der Waals surface area contributed by atoms with E-state index >= 15 is 0 Å². The molecule has 10 heteroatoms. The van der Waals surface area contributed by atoms with Gasteiger partial charge in [0.1, 0.15) is 17.6 Å². The molecule has 0 saturated carbocycles. The van der Waals surface area contributed by atoms with Crippen molar-refractivity contribution in [3.05, 3.63) is 52.6 Å². The van der Waals surface area contributed by atoms with Crippen LogP contribution in [-0.2, 0) is 17.9 Å². The Morgan fingerprint density at radius 1 is 1.00 bits per heavy atom. The number of aromatic nitrogens is 3. The summed E-state index contributed by atoms with van der Waals surface area (Å²) in [7, 11) is 3.09. The number of nitrogens with one attached hydrogen (secondary N) is 2. The first-order chi connectivity index (χ1) is 17.0. The van der Waals surface area contributed by atoms with Gasteiger partial charge in [-0.3, -0.25) is 14.2 Å². The molecule has 1 amide bonds. The van der Waals surface area contributed by atoms with Gasteiger partial charge in [-0.25, -0.2) is 4.98 Å². The van der Waals surface area contributed by atoms with E-state index in [1.165, 1.54) is 10.9 Å². The Hall–Kier alpha value is -4.21. The number of nitrogens with zero attached hydrogens (tertiary/aromatic N) is 2. The van der Waals surface area contributed by atoms with Gasteiger partial charge in [-0.1, -0.05) is 6.07 Å². The lowest BCUT2D eigenvalue weighted by Gasteiger charge is -2.13. The van der Waals surface area contributed by atoms with Crippen LogP contribution in [0.5, 0.6) is 23.0 Å². The number of carbonyl (C=O) groups excluding carboxylic acids is 1. The molecule has 10 nitrogen and oxygen atoms in total. The first-order valence-corrected chi connectivity index (χ1v) is 11.3. The van der Waals surface area contributed by atoms with Crippen molar-refractivity contribution in [3.8, 4) is 23.0 Å². The Bertz CT molecular complexity index is 1430. The van der Waals surface area contributed by atoms with Crippen LogP contribution in [0.15, 0.2) is 41.5 Å². The molecule has 0 aliphatic heterocycles. The van der Waals surface area contributed by atoms with E-state index in [4.69, 9.17) is 18.9 Å². The Balaban J connectivity index is 1.52. The number of benzene rings is 2. The van der Waals surface area contributed by atoms with Crippen LogP contribution < -0.4 is 29.8 Å². The average Bonchev–Trinajstić information content (AvgIpc) is 3.23. The van der Waals surface area contributed by atoms with Gasteiger partial charge in [-0.2, -0.15) is 0 Å². The summed E-state index contributed by atoms with van der Waals surface area (Å²) in [4.78, 5) is 33.2. The maximum Gasteiger partial charge on any atom is 0.278 e. The number of rotatable bonds is 10. The van der Waals surface area contributed by atoms with Crippen molar-refractivity contribution in [2.24, 2.45) is 0 Å². The molecule has 0 spiro atoms. The van der Waals surface area contributed by atoms with Crippen molar-refractivity contribution < 1.29 is 23.7 Å². The smallest absolute Gasteiger partial charge is 0.278 e. The lowest BCUT2D eigenvalue weighted by Crippen LogP contribution is -2.32. The Morgan fingerprint density at radius 2 is 1.71 bits per heavy atom. The maximum absolute atomic E-state index is 13.1. The van der Waals surface area contributed by atoms with Crippen molar-refractivity contribution in [1.29, 1.82) is 0 Å². The first-order valence-electron chi connectivity index (χ1n) is 11.3. The van der Waals surface area contributed by atoms with E-state index in [0.29, 0.717) is 52.8 Å². The molecule has 0 unspecified atom stereocenters. The topological polar surface area (TPSA) is 117 Å². The minimum Gasteiger partial charge on any atom is -0.493 e. The Kier molecular flexibility index (Phi) is 7.09. The van der Waals surface area contributed by atoms with Crippen molar-refractivity contribution in [2.45, 2.75) is 26.9 Å². The quantitative estimate of drug-likeness (QED) is 0.358. The fourth-order valence-corrected chi connectivity index (χ4v) is 3.85. The van der Waals surface area contributed by atoms with Gasteiger partial charge < -0.3 is 29.2 Å². The van der Waals surface area contributed by atoms with Crippen molar-refractivity contribution in [1.82, 2.24) is 19.9 Å². The minimum atomic E-state index is -0.348. The third-order valence-corrected chi connectivity index (χ3v) is 5.49. The number of methoxy groups -OCH3 is 2. The number of aromatic amines is 1. The number of fused-ring (bicyclic) bond motifs is 3. The second-order valence-corrected chi connectivity index (χ2v) is 7.70. The van der Waals surface area contributed by atoms with Gasteiger partial charge in [-0.15, -0.1) is 0 Å². The van der Waals surface area contributed by atoms with Crippen molar-refractivity contribution >= 4 is 27.8 Å². The summed E-state index contributed by atoms with van der Waals surface area (Å²) in [5.74, 6) is 2.03. The summed E-state index contributed by atoms with van der Waals surface area (Å²) >= 11 is 0. The van der Waals surface area contributed by atoms with E-state index in [-0.39, 0.29) is 24.6 Å². The van der Waals surface area contributed by atoms with E-state index in [1.54, 1.807) is 26.4 Å². The Morgan fingerprint density at radius 3 is 2.43 bits per heavy atom. The zero-order chi connectivity index (χ0) is 24.9. The molecule has 2 aromatic carbocycles. The van der Waals surface area contributed by atoms with Gasteiger partial charge in [0.25, 0.3) is 5.56 Å². The van der Waals surface area contributed by atoms with E-state index in [9.17, 15) is 9.59 Å². The Labute approximate surface area is 201 Å². The number of hydrogen-bond donors (Lipinski definition) is 2. The van der Waals surface area contributed by atoms with Gasteiger partial charge in [0.05, 0.1) is 39.3 Å². The molecular weight excluding hydrogens is 452 g/mol. The van der Waals surface area contributed by atoms with Crippen LogP contribution in [-0.4, -0.2) is 47.9 Å². The summed E-state index contributed by atoms with van der Waals surface area (Å²) in [6.45, 7) is 4.94. The second kappa shape index (κ2) is 10.4. The van der Waals surface area contributed by atoms with Crippen LogP contribution in [0.4, 0.5) is 0 Å². The highest BCUT2D eigenvalue weighted by atomic mass is 16.5. The molecule has 0 saturated heterocycles. The number of ether oxygens (including phenoxy) is 4. The zero-order valence-corrected chi connectivity index (χ0v) is 20.1. The highest BCUT2D eigenvalue weighted by molar-refractivity contribution is 6.05. The van der Waals surface area contributed by atoms with Gasteiger partial charge in [0, 0.05) is 18.0 Å². The lowest BCUT2D eigenvalue weighted by molar-refractivity contribution is -0.121. The predicted molar refractivity (Wildman–Crippen MR) is 132 cm³/mol. The fraction of sp³-hybridized carbons (Fsp3) is 0.320. The molecule has 35 heavy (non-hydrogen) atoms. The van der Waals surface area contributed by atoms with E-state index in [0.717, 1.165) is 10.9 Å². The van der Waals surface area contributed by atoms with E-state index < -0.39 is 0 Å². The van der Waals surface area contributed by atoms with Crippen molar-refractivity contribution in [2.75, 3.05) is 27.4 Å². The average molecular weight is 481 g/mol. The number of amides is 1. The molecule has 0 aliphatic rings. The standard InChI is InChI=1S/C25H28N4O6/c1-5-34-18-8-7-15(9-21(18)35-6-2)12-26-22(30)13-29-14-27-23-16-10-19(32-3)20(33-4)11-17(16)28-24(23)25(29)31/h7-11,14,28H,5-6,12-13H2,1-4H3,(H,26,30). The monoisotopic (exact) mass is 480 g/mol. The molecule has 184 valence electrons. The molecule has 4 rings (SSSR count). The fourth-order valence-electron chi connectivity index (χ4n) is 3.85. The van der Waals surface area contributed by atoms with Gasteiger partial charge in [-0.05, 0) is 37.6 Å². The van der Waals surface area contributed by atoms with Gasteiger partial charge in [0.15, 0.2) is 23.0 Å². The van der Waals surface area contributed by atoms with E-state index in [2.05, 4.69) is 15.3 Å². The molecular formula is C25H28N4O6. The molecule has 2 heterocycles. The lowest BCUT2D eigenvalue weighted by atomic mass is 10.2. The highest BCUT2D eigenvalue weighted by Gasteiger charge is 2.16. The highest BCUT2D eigenvalue weighted by Crippen LogP contribution is 2.34. The van der Waals surface area contributed by atoms with Crippen LogP contribution in [0.3, 0.4) is 0 Å². The van der Waals surface area contributed by atoms with Crippen molar-refractivity contribution in [3.63, 3.8) is 0 Å². The maximum atomic E-state index is 13.1. The number of hydrogen-bond acceptors (Lipinski definition) is 7. The normalized spacial score (nSPS) is 11.0. The van der Waals surface area contributed by atoms with Crippen LogP contribution in [0.25, 0.3) is 21.9 Å². The van der Waals surface area contributed by atoms with Gasteiger partial charge >= 0.3 is 0 Å². The molecule has 2 aromatic heterocycles. The zero-order valence-electron chi connectivity index (χ0n) is 20.1. The molecule has 4 aromatic rings. The van der Waals surface area contributed by atoms with Crippen LogP contribution in [0, 0.1) is 0 Å².